The Kier molecular flexibility index (Phi) is 7.31. The molecule has 0 unspecified atom stereocenters. The van der Waals surface area contributed by atoms with E-state index in [0.29, 0.717) is 11.3 Å². The van der Waals surface area contributed by atoms with E-state index in [4.69, 9.17) is 0 Å². The molecular weight excluding hydrogens is 456 g/mol. The summed E-state index contributed by atoms with van der Waals surface area (Å²) in [6.07, 6.45) is 5.95. The lowest BCUT2D eigenvalue weighted by molar-refractivity contribution is 0.0940. The first-order valence-corrected chi connectivity index (χ1v) is 14.0. The van der Waals surface area contributed by atoms with Gasteiger partial charge in [-0.15, -0.1) is 0 Å². The normalized spacial score (nSPS) is 14.2. The highest BCUT2D eigenvalue weighted by Crippen LogP contribution is 2.29. The first kappa shape index (κ1) is 25.0. The quantitative estimate of drug-likeness (QED) is 0.466. The number of amides is 1. The molecule has 0 fully saturated rings. The number of hydrogen-bond acceptors (Lipinski definition) is 3. The first-order chi connectivity index (χ1) is 16.6. The molecule has 1 atom stereocenters. The van der Waals surface area contributed by atoms with Crippen LogP contribution in [-0.2, 0) is 29.4 Å². The molecule has 1 aliphatic rings. The molecule has 184 valence electrons. The van der Waals surface area contributed by atoms with Crippen LogP contribution < -0.4 is 9.62 Å². The number of aryl methyl sites for hydroxylation is 4. The monoisotopic (exact) mass is 490 g/mol. The molecule has 0 aromatic heterocycles. The minimum absolute atomic E-state index is 0.0980. The van der Waals surface area contributed by atoms with E-state index in [1.807, 2.05) is 51.1 Å². The van der Waals surface area contributed by atoms with E-state index >= 15 is 0 Å². The molecule has 3 aromatic rings. The van der Waals surface area contributed by atoms with E-state index in [2.05, 4.69) is 23.5 Å². The van der Waals surface area contributed by atoms with Gasteiger partial charge in [0.15, 0.2) is 0 Å². The molecule has 0 heterocycles. The third-order valence-corrected chi connectivity index (χ3v) is 7.96. The summed E-state index contributed by atoms with van der Waals surface area (Å²) in [5.41, 5.74) is 7.83. The fourth-order valence-corrected chi connectivity index (χ4v) is 5.88. The van der Waals surface area contributed by atoms with Gasteiger partial charge in [-0.25, -0.2) is 8.42 Å². The van der Waals surface area contributed by atoms with Crippen molar-refractivity contribution in [2.24, 2.45) is 0 Å². The maximum absolute atomic E-state index is 12.9. The summed E-state index contributed by atoms with van der Waals surface area (Å²) in [6.45, 7) is 6.04. The van der Waals surface area contributed by atoms with Crippen molar-refractivity contribution >= 4 is 21.6 Å². The summed E-state index contributed by atoms with van der Waals surface area (Å²) < 4.78 is 26.7. The van der Waals surface area contributed by atoms with Crippen molar-refractivity contribution in [1.82, 2.24) is 5.32 Å². The molecule has 0 aliphatic heterocycles. The number of nitrogens with zero attached hydrogens (tertiary/aromatic N) is 1. The van der Waals surface area contributed by atoms with Gasteiger partial charge in [0, 0.05) is 5.56 Å². The first-order valence-electron chi connectivity index (χ1n) is 12.2. The summed E-state index contributed by atoms with van der Waals surface area (Å²) >= 11 is 0. The molecule has 6 heteroatoms. The van der Waals surface area contributed by atoms with Gasteiger partial charge in [-0.2, -0.15) is 0 Å². The second-order valence-corrected chi connectivity index (χ2v) is 11.5. The van der Waals surface area contributed by atoms with Crippen LogP contribution in [0.4, 0.5) is 5.69 Å². The largest absolute Gasteiger partial charge is 0.346 e. The van der Waals surface area contributed by atoms with E-state index in [1.165, 1.54) is 34.5 Å². The minimum Gasteiger partial charge on any atom is -0.346 e. The molecule has 3 aromatic carbocycles. The van der Waals surface area contributed by atoms with E-state index in [1.54, 1.807) is 12.1 Å². The number of anilines is 1. The lowest BCUT2D eigenvalue weighted by Crippen LogP contribution is -2.30. The molecule has 0 spiro atoms. The smallest absolute Gasteiger partial charge is 0.251 e. The van der Waals surface area contributed by atoms with Gasteiger partial charge in [-0.3, -0.25) is 9.10 Å². The van der Waals surface area contributed by atoms with Crippen LogP contribution in [0.15, 0.2) is 60.7 Å². The molecule has 4 rings (SSSR count). The van der Waals surface area contributed by atoms with Gasteiger partial charge < -0.3 is 5.32 Å². The average Bonchev–Trinajstić information content (AvgIpc) is 2.82. The predicted octanol–water partition coefficient (Wildman–Crippen LogP) is 5.64. The van der Waals surface area contributed by atoms with Crippen molar-refractivity contribution in [3.63, 3.8) is 0 Å². The Morgan fingerprint density at radius 3 is 2.20 bits per heavy atom. The van der Waals surface area contributed by atoms with Crippen LogP contribution in [0.3, 0.4) is 0 Å². The molecule has 0 radical (unpaired) electrons. The van der Waals surface area contributed by atoms with E-state index in [-0.39, 0.29) is 18.5 Å². The molecule has 1 N–H and O–H groups in total. The zero-order valence-corrected chi connectivity index (χ0v) is 21.8. The Hall–Kier alpha value is -3.12. The number of nitrogens with one attached hydrogen (secondary N) is 1. The highest BCUT2D eigenvalue weighted by molar-refractivity contribution is 7.92. The Balaban J connectivity index is 1.47. The third-order valence-electron chi connectivity index (χ3n) is 6.85. The lowest BCUT2D eigenvalue weighted by atomic mass is 9.89. The van der Waals surface area contributed by atoms with Crippen LogP contribution in [0.2, 0.25) is 0 Å². The fourth-order valence-electron chi connectivity index (χ4n) is 4.87. The van der Waals surface area contributed by atoms with E-state index in [0.717, 1.165) is 35.1 Å². The standard InChI is InChI=1S/C29H34N2O3S/c1-20-8-7-9-21(2)28(20)31(35(4,33)34)19-23-12-14-25(15-13-23)29(32)30-22(3)26-17-16-24-10-5-6-11-27(24)18-26/h7-9,12-18,22H,5-6,10-11,19H2,1-4H3,(H,30,32)/t22-/m0/s1. The highest BCUT2D eigenvalue weighted by atomic mass is 32.2. The summed E-state index contributed by atoms with van der Waals surface area (Å²) in [4.78, 5) is 12.9. The molecule has 0 saturated heterocycles. The highest BCUT2D eigenvalue weighted by Gasteiger charge is 2.22. The molecule has 35 heavy (non-hydrogen) atoms. The van der Waals surface area contributed by atoms with Crippen molar-refractivity contribution in [2.75, 3.05) is 10.6 Å². The van der Waals surface area contributed by atoms with E-state index < -0.39 is 10.0 Å². The molecule has 1 aliphatic carbocycles. The number of carbonyl (C=O) groups is 1. The molecule has 0 bridgehead atoms. The Bertz CT molecular complexity index is 1310. The van der Waals surface area contributed by atoms with Crippen molar-refractivity contribution < 1.29 is 13.2 Å². The van der Waals surface area contributed by atoms with Gasteiger partial charge in [0.05, 0.1) is 24.5 Å². The fraction of sp³-hybridized carbons (Fsp3) is 0.345. The van der Waals surface area contributed by atoms with Crippen LogP contribution in [0, 0.1) is 13.8 Å². The average molecular weight is 491 g/mol. The van der Waals surface area contributed by atoms with Gasteiger partial charge in [0.25, 0.3) is 5.91 Å². The molecule has 1 amide bonds. The van der Waals surface area contributed by atoms with Crippen LogP contribution in [-0.4, -0.2) is 20.6 Å². The number of fused-ring (bicyclic) bond motifs is 1. The number of rotatable bonds is 7. The summed E-state index contributed by atoms with van der Waals surface area (Å²) in [5.74, 6) is -0.142. The predicted molar refractivity (Wildman–Crippen MR) is 142 cm³/mol. The Morgan fingerprint density at radius 2 is 1.57 bits per heavy atom. The number of carbonyl (C=O) groups excluding carboxylic acids is 1. The topological polar surface area (TPSA) is 66.5 Å². The van der Waals surface area contributed by atoms with Crippen LogP contribution in [0.1, 0.15) is 69.5 Å². The number of para-hydroxylation sites is 1. The third kappa shape index (κ3) is 5.76. The molecule has 5 nitrogen and oxygen atoms in total. The lowest BCUT2D eigenvalue weighted by Gasteiger charge is -2.26. The second kappa shape index (κ2) is 10.2. The van der Waals surface area contributed by atoms with Gasteiger partial charge in [0.2, 0.25) is 10.0 Å². The summed E-state index contributed by atoms with van der Waals surface area (Å²) in [5, 5.41) is 3.10. The van der Waals surface area contributed by atoms with Crippen molar-refractivity contribution in [3.8, 4) is 0 Å². The summed E-state index contributed by atoms with van der Waals surface area (Å²) in [7, 11) is -3.49. The minimum atomic E-state index is -3.49. The van der Waals surface area contributed by atoms with E-state index in [9.17, 15) is 13.2 Å². The maximum Gasteiger partial charge on any atom is 0.251 e. The Morgan fingerprint density at radius 1 is 0.943 bits per heavy atom. The molecule has 0 saturated carbocycles. The SMILES string of the molecule is Cc1cccc(C)c1N(Cc1ccc(C(=O)N[C@@H](C)c2ccc3c(c2)CCCC3)cc1)S(C)(=O)=O. The van der Waals surface area contributed by atoms with Gasteiger partial charge in [-0.1, -0.05) is 48.5 Å². The zero-order chi connectivity index (χ0) is 25.2. The molecular formula is C29H34N2O3S. The second-order valence-electron chi connectivity index (χ2n) is 9.64. The van der Waals surface area contributed by atoms with Gasteiger partial charge in [-0.05, 0) is 92.0 Å². The number of benzene rings is 3. The van der Waals surface area contributed by atoms with Gasteiger partial charge >= 0.3 is 0 Å². The maximum atomic E-state index is 12.9. The summed E-state index contributed by atoms with van der Waals surface area (Å²) in [6, 6.07) is 19.4. The number of sulfonamides is 1. The van der Waals surface area contributed by atoms with Gasteiger partial charge in [0.1, 0.15) is 0 Å². The van der Waals surface area contributed by atoms with Crippen LogP contribution >= 0.6 is 0 Å². The van der Waals surface area contributed by atoms with Crippen molar-refractivity contribution in [2.45, 2.75) is 59.0 Å². The Labute approximate surface area is 209 Å². The van der Waals surface area contributed by atoms with Crippen LogP contribution in [0.5, 0.6) is 0 Å². The van der Waals surface area contributed by atoms with Crippen molar-refractivity contribution in [1.29, 1.82) is 0 Å². The number of hydrogen-bond donors (Lipinski definition) is 1. The zero-order valence-electron chi connectivity index (χ0n) is 21.0. The van der Waals surface area contributed by atoms with Crippen LogP contribution in [0.25, 0.3) is 0 Å². The van der Waals surface area contributed by atoms with Crippen molar-refractivity contribution in [3.05, 3.63) is 99.6 Å².